The highest BCUT2D eigenvalue weighted by Gasteiger charge is 2.32. The smallest absolute Gasteiger partial charge is 0.228 e. The number of nitrogens with two attached hydrogens (primary N) is 1. The maximum atomic E-state index is 13.6. The maximum Gasteiger partial charge on any atom is 0.228 e. The van der Waals surface area contributed by atoms with Crippen molar-refractivity contribution in [1.29, 1.82) is 0 Å². The van der Waals surface area contributed by atoms with Gasteiger partial charge in [0, 0.05) is 29.1 Å². The van der Waals surface area contributed by atoms with Crippen molar-refractivity contribution in [2.75, 3.05) is 19.6 Å². The molecule has 1 aromatic carbocycles. The third-order valence-corrected chi connectivity index (χ3v) is 8.37. The van der Waals surface area contributed by atoms with Crippen molar-refractivity contribution in [3.8, 4) is 11.3 Å². The Bertz CT molecular complexity index is 1230. The standard InChI is InChI=1S/C27H33N3O3S/c1-16-11-17(2)13-19(12-16)24-23(21(32)7-10-30-8-5-18(15-31)6-9-30)20-14-22(34-25(20)29-24)27(3,4)26(28)33/h11-15,18,29H,5-10H2,1-4H3,(H2,28,33). The summed E-state index contributed by atoms with van der Waals surface area (Å²) in [5.74, 6) is -0.165. The number of carbonyl (C=O) groups excluding carboxylic acids is 3. The molecule has 7 heteroatoms. The molecule has 0 unspecified atom stereocenters. The van der Waals surface area contributed by atoms with Crippen molar-refractivity contribution in [3.63, 3.8) is 0 Å². The van der Waals surface area contributed by atoms with E-state index in [9.17, 15) is 14.4 Å². The molecule has 1 amide bonds. The minimum atomic E-state index is -0.812. The molecule has 6 nitrogen and oxygen atoms in total. The summed E-state index contributed by atoms with van der Waals surface area (Å²) in [6.45, 7) is 10.1. The average molecular weight is 480 g/mol. The monoisotopic (exact) mass is 479 g/mol. The number of nitrogens with zero attached hydrogens (tertiary/aromatic N) is 1. The van der Waals surface area contributed by atoms with Crippen LogP contribution < -0.4 is 5.73 Å². The second-order valence-electron chi connectivity index (χ2n) is 10.1. The second kappa shape index (κ2) is 9.47. The molecule has 1 saturated heterocycles. The summed E-state index contributed by atoms with van der Waals surface area (Å²) < 4.78 is 0. The fourth-order valence-electron chi connectivity index (χ4n) is 4.73. The predicted octanol–water partition coefficient (Wildman–Crippen LogP) is 4.76. The number of benzene rings is 1. The average Bonchev–Trinajstić information content (AvgIpc) is 3.35. The molecule has 1 aliphatic heterocycles. The quantitative estimate of drug-likeness (QED) is 0.360. The molecule has 3 heterocycles. The number of piperidine rings is 1. The summed E-state index contributed by atoms with van der Waals surface area (Å²) >= 11 is 1.48. The first-order valence-corrected chi connectivity index (χ1v) is 12.7. The second-order valence-corrected chi connectivity index (χ2v) is 11.1. The number of amides is 1. The Balaban J connectivity index is 1.70. The third kappa shape index (κ3) is 4.72. The molecule has 0 atom stereocenters. The van der Waals surface area contributed by atoms with Crippen molar-refractivity contribution in [2.45, 2.75) is 52.4 Å². The van der Waals surface area contributed by atoms with Gasteiger partial charge < -0.3 is 20.4 Å². The number of aromatic nitrogens is 1. The van der Waals surface area contributed by atoms with Gasteiger partial charge >= 0.3 is 0 Å². The lowest BCUT2D eigenvalue weighted by Crippen LogP contribution is -2.35. The van der Waals surface area contributed by atoms with Crippen LogP contribution in [0.5, 0.6) is 0 Å². The number of primary amides is 1. The van der Waals surface area contributed by atoms with E-state index in [0.717, 1.165) is 69.7 Å². The van der Waals surface area contributed by atoms with Gasteiger partial charge in [-0.1, -0.05) is 17.2 Å². The highest BCUT2D eigenvalue weighted by Crippen LogP contribution is 2.40. The van der Waals surface area contributed by atoms with Crippen molar-refractivity contribution in [1.82, 2.24) is 9.88 Å². The van der Waals surface area contributed by atoms with Crippen molar-refractivity contribution >= 4 is 39.5 Å². The zero-order valence-corrected chi connectivity index (χ0v) is 21.2. The fraction of sp³-hybridized carbons (Fsp3) is 0.444. The summed E-state index contributed by atoms with van der Waals surface area (Å²) in [6.07, 6.45) is 3.17. The Morgan fingerprint density at radius 1 is 1.15 bits per heavy atom. The minimum Gasteiger partial charge on any atom is -0.369 e. The lowest BCUT2D eigenvalue weighted by atomic mass is 9.90. The Labute approximate surface area is 204 Å². The van der Waals surface area contributed by atoms with E-state index in [2.05, 4.69) is 41.9 Å². The van der Waals surface area contributed by atoms with E-state index in [1.807, 2.05) is 19.9 Å². The fourth-order valence-corrected chi connectivity index (χ4v) is 5.91. The zero-order valence-electron chi connectivity index (χ0n) is 20.4. The van der Waals surface area contributed by atoms with E-state index < -0.39 is 11.3 Å². The topological polar surface area (TPSA) is 96.3 Å². The van der Waals surface area contributed by atoms with Gasteiger partial charge in [0.1, 0.15) is 11.1 Å². The number of aldehydes is 1. The lowest BCUT2D eigenvalue weighted by molar-refractivity contribution is -0.122. The van der Waals surface area contributed by atoms with E-state index in [4.69, 9.17) is 5.73 Å². The molecule has 0 spiro atoms. The van der Waals surface area contributed by atoms with Crippen LogP contribution in [-0.2, 0) is 15.0 Å². The summed E-state index contributed by atoms with van der Waals surface area (Å²) in [7, 11) is 0. The minimum absolute atomic E-state index is 0.0825. The van der Waals surface area contributed by atoms with Crippen LogP contribution in [0.4, 0.5) is 0 Å². The van der Waals surface area contributed by atoms with Gasteiger partial charge in [-0.2, -0.15) is 0 Å². The van der Waals surface area contributed by atoms with E-state index in [-0.39, 0.29) is 11.7 Å². The molecule has 4 rings (SSSR count). The molecule has 0 saturated carbocycles. The largest absolute Gasteiger partial charge is 0.369 e. The number of thiophene rings is 1. The number of nitrogens with one attached hydrogen (secondary N) is 1. The number of aryl methyl sites for hydroxylation is 2. The first kappa shape index (κ1) is 24.4. The number of rotatable bonds is 8. The normalized spacial score (nSPS) is 15.6. The summed E-state index contributed by atoms with van der Waals surface area (Å²) in [6, 6.07) is 8.26. The summed E-state index contributed by atoms with van der Waals surface area (Å²) in [4.78, 5) is 44.2. The highest BCUT2D eigenvalue weighted by atomic mass is 32.1. The zero-order chi connectivity index (χ0) is 24.6. The molecule has 0 bridgehead atoms. The Kier molecular flexibility index (Phi) is 6.78. The van der Waals surface area contributed by atoms with E-state index in [0.29, 0.717) is 18.5 Å². The number of carbonyl (C=O) groups is 3. The first-order chi connectivity index (χ1) is 16.1. The molecular formula is C27H33N3O3S. The first-order valence-electron chi connectivity index (χ1n) is 11.9. The number of likely N-dealkylation sites (tertiary alicyclic amines) is 1. The van der Waals surface area contributed by atoms with Crippen LogP contribution in [0.15, 0.2) is 24.3 Å². The van der Waals surface area contributed by atoms with E-state index in [1.165, 1.54) is 11.3 Å². The van der Waals surface area contributed by atoms with Gasteiger partial charge in [-0.05, 0) is 77.4 Å². The number of H-pyrrole nitrogens is 1. The Morgan fingerprint density at radius 3 is 2.38 bits per heavy atom. The maximum absolute atomic E-state index is 13.6. The van der Waals surface area contributed by atoms with Crippen LogP contribution in [0, 0.1) is 19.8 Å². The number of Topliss-reactive ketones (excluding diaryl/α,β-unsaturated/α-hetero) is 1. The summed E-state index contributed by atoms with van der Waals surface area (Å²) in [5, 5.41) is 0.855. The van der Waals surface area contributed by atoms with Gasteiger partial charge in [-0.3, -0.25) is 9.59 Å². The van der Waals surface area contributed by atoms with Crippen LogP contribution in [0.1, 0.15) is 59.5 Å². The van der Waals surface area contributed by atoms with Gasteiger partial charge in [0.25, 0.3) is 0 Å². The number of aromatic amines is 1. The van der Waals surface area contributed by atoms with Gasteiger partial charge in [0.15, 0.2) is 5.78 Å². The molecular weight excluding hydrogens is 446 g/mol. The van der Waals surface area contributed by atoms with Gasteiger partial charge in [-0.25, -0.2) is 0 Å². The molecule has 3 aromatic rings. The van der Waals surface area contributed by atoms with Crippen LogP contribution in [0.3, 0.4) is 0 Å². The molecule has 1 fully saturated rings. The molecule has 180 valence electrons. The lowest BCUT2D eigenvalue weighted by Gasteiger charge is -2.29. The molecule has 1 aliphatic rings. The molecule has 0 aliphatic carbocycles. The van der Waals surface area contributed by atoms with Gasteiger partial charge in [0.05, 0.1) is 16.7 Å². The molecule has 34 heavy (non-hydrogen) atoms. The number of hydrogen-bond acceptors (Lipinski definition) is 5. The SMILES string of the molecule is Cc1cc(C)cc(-c2[nH]c3sc(C(C)(C)C(N)=O)cc3c2C(=O)CCN2CCC(C=O)CC2)c1. The van der Waals surface area contributed by atoms with Crippen molar-refractivity contribution in [3.05, 3.63) is 45.8 Å². The summed E-state index contributed by atoms with van der Waals surface area (Å²) in [5.41, 5.74) is 9.64. The van der Waals surface area contributed by atoms with Crippen LogP contribution in [0.25, 0.3) is 21.5 Å². The Hall–Kier alpha value is -2.77. The molecule has 3 N–H and O–H groups in total. The van der Waals surface area contributed by atoms with Crippen LogP contribution >= 0.6 is 11.3 Å². The number of fused-ring (bicyclic) bond motifs is 1. The van der Waals surface area contributed by atoms with Crippen LogP contribution in [-0.4, -0.2) is 47.5 Å². The highest BCUT2D eigenvalue weighted by molar-refractivity contribution is 7.19. The van der Waals surface area contributed by atoms with Crippen molar-refractivity contribution < 1.29 is 14.4 Å². The molecule has 2 aromatic heterocycles. The van der Waals surface area contributed by atoms with Crippen molar-refractivity contribution in [2.24, 2.45) is 11.7 Å². The van der Waals surface area contributed by atoms with Gasteiger partial charge in [0.2, 0.25) is 5.91 Å². The van der Waals surface area contributed by atoms with Gasteiger partial charge in [-0.15, -0.1) is 11.3 Å². The predicted molar refractivity (Wildman–Crippen MR) is 137 cm³/mol. The molecule has 0 radical (unpaired) electrons. The Morgan fingerprint density at radius 2 is 1.79 bits per heavy atom. The van der Waals surface area contributed by atoms with E-state index in [1.54, 1.807) is 0 Å². The van der Waals surface area contributed by atoms with E-state index >= 15 is 0 Å². The number of hydrogen-bond donors (Lipinski definition) is 2. The number of ketones is 1. The van der Waals surface area contributed by atoms with Crippen LogP contribution in [0.2, 0.25) is 0 Å². The third-order valence-electron chi connectivity index (χ3n) is 6.99.